The highest BCUT2D eigenvalue weighted by molar-refractivity contribution is 7.11. The summed E-state index contributed by atoms with van der Waals surface area (Å²) >= 11 is 1.38. The Morgan fingerprint density at radius 2 is 1.69 bits per heavy atom. The summed E-state index contributed by atoms with van der Waals surface area (Å²) in [6, 6.07) is 3.55. The van der Waals surface area contributed by atoms with E-state index in [0.29, 0.717) is 28.2 Å². The maximum atomic E-state index is 12.7. The number of hydrogen-bond acceptors (Lipinski definition) is 5. The highest BCUT2D eigenvalue weighted by Crippen LogP contribution is 2.53. The summed E-state index contributed by atoms with van der Waals surface area (Å²) in [5, 5.41) is 1.84. The lowest BCUT2D eigenvalue weighted by atomic mass is 9.52. The Hall–Kier alpha value is -2.01. The number of ether oxygens (including phenoxy) is 1. The summed E-state index contributed by atoms with van der Waals surface area (Å²) in [7, 11) is 1.38. The van der Waals surface area contributed by atoms with Gasteiger partial charge in [-0.2, -0.15) is 0 Å². The highest BCUT2D eigenvalue weighted by Gasteiger charge is 2.54. The van der Waals surface area contributed by atoms with Crippen molar-refractivity contribution in [3.63, 3.8) is 0 Å². The van der Waals surface area contributed by atoms with Gasteiger partial charge in [-0.3, -0.25) is 9.59 Å². The standard InChI is InChI=1S/C18H24O2.C6H6O2S.C2H6.CH4/c1-9-6-5-7-13-14-8-10(2)11(3)17(19)16(14)18(20)12(4)15(9)13;1-8-6(7)5-3-2-4-9-5;1-2;/h9-10,13-16H,3-8H2,1-2H3;2-4H,1H3;1-2H3;1H4. The summed E-state index contributed by atoms with van der Waals surface area (Å²) in [5.74, 6) is 1.07. The minimum atomic E-state index is -0.460. The largest absolute Gasteiger partial charge is 0.465 e. The van der Waals surface area contributed by atoms with Gasteiger partial charge in [0.15, 0.2) is 11.6 Å². The van der Waals surface area contributed by atoms with Crippen LogP contribution in [0.1, 0.15) is 70.5 Å². The van der Waals surface area contributed by atoms with Crippen molar-refractivity contribution in [3.8, 4) is 0 Å². The zero-order chi connectivity index (χ0) is 23.3. The summed E-state index contributed by atoms with van der Waals surface area (Å²) in [5.41, 5.74) is 1.37. The quantitative estimate of drug-likeness (QED) is 0.263. The van der Waals surface area contributed by atoms with E-state index in [0.717, 1.165) is 18.4 Å². The Balaban J connectivity index is 0.000000361. The van der Waals surface area contributed by atoms with Crippen LogP contribution in [0.4, 0.5) is 0 Å². The number of hydrogen-bond donors (Lipinski definition) is 0. The van der Waals surface area contributed by atoms with Crippen molar-refractivity contribution in [2.75, 3.05) is 7.11 Å². The third-order valence-electron chi connectivity index (χ3n) is 6.98. The zero-order valence-corrected chi connectivity index (χ0v) is 20.3. The van der Waals surface area contributed by atoms with Crippen LogP contribution in [0.15, 0.2) is 41.8 Å². The molecular weight excluding hydrogens is 420 g/mol. The molecule has 0 amide bonds. The van der Waals surface area contributed by atoms with Crippen molar-refractivity contribution in [1.82, 2.24) is 0 Å². The molecule has 3 saturated carbocycles. The molecular formula is C27H40O4S. The van der Waals surface area contributed by atoms with E-state index in [1.807, 2.05) is 25.3 Å². The van der Waals surface area contributed by atoms with Crippen molar-refractivity contribution in [1.29, 1.82) is 0 Å². The Labute approximate surface area is 198 Å². The molecule has 4 rings (SSSR count). The van der Waals surface area contributed by atoms with Crippen LogP contribution in [0.2, 0.25) is 0 Å². The Morgan fingerprint density at radius 3 is 2.25 bits per heavy atom. The molecule has 6 atom stereocenters. The van der Waals surface area contributed by atoms with Crippen LogP contribution < -0.4 is 0 Å². The third-order valence-corrected chi connectivity index (χ3v) is 7.83. The number of ketones is 2. The number of fused-ring (bicyclic) bond motifs is 3. The predicted octanol–water partition coefficient (Wildman–Crippen LogP) is 6.77. The lowest BCUT2D eigenvalue weighted by Gasteiger charge is -2.50. The number of thiophene rings is 1. The van der Waals surface area contributed by atoms with Gasteiger partial charge in [0.05, 0.1) is 13.0 Å². The Kier molecular flexibility index (Phi) is 10.8. The topological polar surface area (TPSA) is 60.4 Å². The monoisotopic (exact) mass is 460 g/mol. The number of allylic oxidation sites excluding steroid dienone is 2. The molecule has 178 valence electrons. The molecule has 0 bridgehead atoms. The van der Waals surface area contributed by atoms with Gasteiger partial charge in [-0.1, -0.05) is 67.2 Å². The molecule has 3 aliphatic carbocycles. The van der Waals surface area contributed by atoms with E-state index in [-0.39, 0.29) is 36.8 Å². The van der Waals surface area contributed by atoms with Gasteiger partial charge < -0.3 is 4.74 Å². The normalized spacial score (nSPS) is 30.9. The number of esters is 1. The van der Waals surface area contributed by atoms with Gasteiger partial charge in [-0.05, 0) is 65.0 Å². The maximum absolute atomic E-state index is 12.7. The second kappa shape index (κ2) is 12.3. The van der Waals surface area contributed by atoms with Crippen molar-refractivity contribution in [3.05, 3.63) is 46.7 Å². The van der Waals surface area contributed by atoms with Gasteiger partial charge in [0.2, 0.25) is 0 Å². The van der Waals surface area contributed by atoms with Crippen molar-refractivity contribution in [2.24, 2.45) is 35.5 Å². The Morgan fingerprint density at radius 1 is 1.06 bits per heavy atom. The van der Waals surface area contributed by atoms with Crippen LogP contribution in [0.5, 0.6) is 0 Å². The smallest absolute Gasteiger partial charge is 0.348 e. The van der Waals surface area contributed by atoms with E-state index in [9.17, 15) is 14.4 Å². The molecule has 0 saturated heterocycles. The fourth-order valence-electron chi connectivity index (χ4n) is 5.46. The van der Waals surface area contributed by atoms with Crippen molar-refractivity contribution >= 4 is 28.9 Å². The van der Waals surface area contributed by atoms with E-state index in [1.165, 1.54) is 31.3 Å². The van der Waals surface area contributed by atoms with Gasteiger partial charge in [0, 0.05) is 0 Å². The SMILES string of the molecule is C.C=C1C(=O)C2C(=O)C(=C)C3C(C)CCCC3C2CC1C.CC.COC(=O)c1cccs1. The minimum absolute atomic E-state index is 0. The van der Waals surface area contributed by atoms with Crippen molar-refractivity contribution in [2.45, 2.75) is 60.8 Å². The van der Waals surface area contributed by atoms with Crippen molar-refractivity contribution < 1.29 is 19.1 Å². The first-order valence-corrected chi connectivity index (χ1v) is 12.2. The molecule has 0 N–H and O–H groups in total. The average molecular weight is 461 g/mol. The molecule has 1 heterocycles. The number of rotatable bonds is 1. The first-order chi connectivity index (χ1) is 14.8. The molecule has 1 aromatic heterocycles. The number of carbonyl (C=O) groups excluding carboxylic acids is 3. The van der Waals surface area contributed by atoms with E-state index in [2.05, 4.69) is 31.7 Å². The second-order valence-corrected chi connectivity index (χ2v) is 9.57. The van der Waals surface area contributed by atoms with Crippen LogP contribution in [-0.2, 0) is 14.3 Å². The lowest BCUT2D eigenvalue weighted by molar-refractivity contribution is -0.139. The fourth-order valence-corrected chi connectivity index (χ4v) is 6.10. The predicted molar refractivity (Wildman–Crippen MR) is 133 cm³/mol. The molecule has 3 fully saturated rings. The van der Waals surface area contributed by atoms with Crippen LogP contribution in [0.25, 0.3) is 0 Å². The minimum Gasteiger partial charge on any atom is -0.465 e. The lowest BCUT2D eigenvalue weighted by Crippen LogP contribution is -2.52. The van der Waals surface area contributed by atoms with Crippen LogP contribution in [0.3, 0.4) is 0 Å². The first-order valence-electron chi connectivity index (χ1n) is 11.4. The van der Waals surface area contributed by atoms with Gasteiger partial charge in [0.1, 0.15) is 4.88 Å². The van der Waals surface area contributed by atoms with Crippen LogP contribution in [0, 0.1) is 35.5 Å². The number of methoxy groups -OCH3 is 1. The number of carbonyl (C=O) groups is 3. The summed E-state index contributed by atoms with van der Waals surface area (Å²) in [6.07, 6.45) is 4.49. The average Bonchev–Trinajstić information content (AvgIpc) is 3.32. The van der Waals surface area contributed by atoms with Crippen LogP contribution in [-0.4, -0.2) is 24.6 Å². The maximum Gasteiger partial charge on any atom is 0.348 e. The van der Waals surface area contributed by atoms with Gasteiger partial charge in [0.25, 0.3) is 0 Å². The van der Waals surface area contributed by atoms with Gasteiger partial charge >= 0.3 is 5.97 Å². The molecule has 4 nitrogen and oxygen atoms in total. The summed E-state index contributed by atoms with van der Waals surface area (Å²) in [6.45, 7) is 16.3. The fraction of sp³-hybridized carbons (Fsp3) is 0.593. The van der Waals surface area contributed by atoms with E-state index >= 15 is 0 Å². The molecule has 6 unspecified atom stereocenters. The van der Waals surface area contributed by atoms with E-state index in [4.69, 9.17) is 0 Å². The van der Waals surface area contributed by atoms with Gasteiger partial charge in [-0.25, -0.2) is 4.79 Å². The van der Waals surface area contributed by atoms with E-state index < -0.39 is 5.92 Å². The molecule has 0 aliphatic heterocycles. The number of Topliss-reactive ketones (excluding diaryl/α,β-unsaturated/α-hetero) is 2. The molecule has 1 aromatic rings. The molecule has 3 aliphatic rings. The van der Waals surface area contributed by atoms with Gasteiger partial charge in [-0.15, -0.1) is 11.3 Å². The molecule has 0 spiro atoms. The molecule has 5 heteroatoms. The summed E-state index contributed by atoms with van der Waals surface area (Å²) in [4.78, 5) is 36.5. The molecule has 0 radical (unpaired) electrons. The van der Waals surface area contributed by atoms with E-state index in [1.54, 1.807) is 6.07 Å². The summed E-state index contributed by atoms with van der Waals surface area (Å²) < 4.78 is 4.47. The van der Waals surface area contributed by atoms with Crippen LogP contribution >= 0.6 is 11.3 Å². The first kappa shape index (κ1) is 28.0. The molecule has 0 aromatic carbocycles. The zero-order valence-electron chi connectivity index (χ0n) is 19.5. The molecule has 32 heavy (non-hydrogen) atoms. The second-order valence-electron chi connectivity index (χ2n) is 8.62. The Bertz CT molecular complexity index is 823. The third kappa shape index (κ3) is 5.48. The highest BCUT2D eigenvalue weighted by atomic mass is 32.1.